The zero-order chi connectivity index (χ0) is 12.5. The molecule has 0 heterocycles. The van der Waals surface area contributed by atoms with E-state index in [-0.39, 0.29) is 0 Å². The molecule has 0 aliphatic rings. The molecule has 1 rings (SSSR count). The van der Waals surface area contributed by atoms with Crippen LogP contribution in [0.3, 0.4) is 0 Å². The molecule has 0 fully saturated rings. The molecule has 0 bridgehead atoms. The van der Waals surface area contributed by atoms with Crippen molar-refractivity contribution in [1.82, 2.24) is 5.32 Å². The van der Waals surface area contributed by atoms with Gasteiger partial charge >= 0.3 is 0 Å². The van der Waals surface area contributed by atoms with Crippen LogP contribution in [0.25, 0.3) is 0 Å². The Bertz CT molecular complexity index is 286. The highest BCUT2D eigenvalue weighted by atomic mass is 32.2. The summed E-state index contributed by atoms with van der Waals surface area (Å²) in [4.78, 5) is 0. The Balaban J connectivity index is 2.19. The Kier molecular flexibility index (Phi) is 7.38. The van der Waals surface area contributed by atoms with Gasteiger partial charge in [-0.2, -0.15) is 11.8 Å². The molecule has 0 radical (unpaired) electrons. The lowest BCUT2D eigenvalue weighted by molar-refractivity contribution is 0.469. The first kappa shape index (κ1) is 14.6. The van der Waals surface area contributed by atoms with Crippen LogP contribution in [-0.2, 0) is 6.42 Å². The summed E-state index contributed by atoms with van der Waals surface area (Å²) in [6, 6.07) is 12.0. The third kappa shape index (κ3) is 6.75. The number of rotatable bonds is 8. The molecule has 17 heavy (non-hydrogen) atoms. The molecule has 0 saturated heterocycles. The number of thioether (sulfide) groups is 1. The van der Waals surface area contributed by atoms with Gasteiger partial charge in [0.15, 0.2) is 0 Å². The molecule has 1 aromatic rings. The smallest absolute Gasteiger partial charge is 0.0132 e. The first-order valence-corrected chi connectivity index (χ1v) is 7.75. The minimum Gasteiger partial charge on any atom is -0.311 e. The van der Waals surface area contributed by atoms with Gasteiger partial charge in [-0.3, -0.25) is 0 Å². The number of nitrogens with one attached hydrogen (secondary N) is 1. The minimum absolute atomic E-state index is 0.600. The van der Waals surface area contributed by atoms with Crippen molar-refractivity contribution >= 4 is 11.8 Å². The maximum atomic E-state index is 3.66. The van der Waals surface area contributed by atoms with Crippen LogP contribution in [0.5, 0.6) is 0 Å². The maximum absolute atomic E-state index is 3.66. The number of hydrogen-bond donors (Lipinski definition) is 1. The third-order valence-electron chi connectivity index (χ3n) is 2.85. The van der Waals surface area contributed by atoms with Crippen molar-refractivity contribution < 1.29 is 0 Å². The summed E-state index contributed by atoms with van der Waals surface area (Å²) in [6.07, 6.45) is 2.38. The summed E-state index contributed by atoms with van der Waals surface area (Å²) in [6.45, 7) is 6.79. The second-order valence-corrected chi connectivity index (χ2v) is 5.97. The van der Waals surface area contributed by atoms with Crippen LogP contribution >= 0.6 is 11.8 Å². The lowest BCUT2D eigenvalue weighted by Crippen LogP contribution is -2.36. The standard InChI is InChI=1S/C15H25NS/c1-4-17-12-14(3)16-13(2)10-11-15-8-6-5-7-9-15/h5-9,13-14,16H,4,10-12H2,1-3H3. The van der Waals surface area contributed by atoms with E-state index in [4.69, 9.17) is 0 Å². The van der Waals surface area contributed by atoms with Gasteiger partial charge < -0.3 is 5.32 Å². The average Bonchev–Trinajstić information content (AvgIpc) is 2.35. The van der Waals surface area contributed by atoms with E-state index < -0.39 is 0 Å². The lowest BCUT2D eigenvalue weighted by Gasteiger charge is -2.19. The predicted molar refractivity (Wildman–Crippen MR) is 79.8 cm³/mol. The van der Waals surface area contributed by atoms with Crippen LogP contribution in [0.1, 0.15) is 32.8 Å². The summed E-state index contributed by atoms with van der Waals surface area (Å²) in [5, 5.41) is 3.66. The molecule has 96 valence electrons. The van der Waals surface area contributed by atoms with Gasteiger partial charge in [0, 0.05) is 17.8 Å². The van der Waals surface area contributed by atoms with Crippen LogP contribution in [0.15, 0.2) is 30.3 Å². The van der Waals surface area contributed by atoms with E-state index in [9.17, 15) is 0 Å². The van der Waals surface area contributed by atoms with Crippen molar-refractivity contribution in [2.24, 2.45) is 0 Å². The first-order chi connectivity index (χ1) is 8.22. The molecule has 0 spiro atoms. The third-order valence-corrected chi connectivity index (χ3v) is 3.99. The molecule has 1 nitrogen and oxygen atoms in total. The maximum Gasteiger partial charge on any atom is 0.0132 e. The number of benzene rings is 1. The molecule has 0 saturated carbocycles. The molecule has 2 unspecified atom stereocenters. The van der Waals surface area contributed by atoms with E-state index in [1.165, 1.54) is 29.9 Å². The van der Waals surface area contributed by atoms with Crippen LogP contribution in [0.2, 0.25) is 0 Å². The monoisotopic (exact) mass is 251 g/mol. The Labute approximate surface area is 110 Å². The highest BCUT2D eigenvalue weighted by Crippen LogP contribution is 2.07. The molecule has 1 N–H and O–H groups in total. The van der Waals surface area contributed by atoms with Gasteiger partial charge in [0.25, 0.3) is 0 Å². The molecular formula is C15H25NS. The van der Waals surface area contributed by atoms with Gasteiger partial charge in [0.1, 0.15) is 0 Å². The SMILES string of the molecule is CCSCC(C)NC(C)CCc1ccccc1. The van der Waals surface area contributed by atoms with Crippen molar-refractivity contribution in [3.05, 3.63) is 35.9 Å². The van der Waals surface area contributed by atoms with Gasteiger partial charge in [-0.25, -0.2) is 0 Å². The molecule has 2 heteroatoms. The van der Waals surface area contributed by atoms with Crippen molar-refractivity contribution in [1.29, 1.82) is 0 Å². The van der Waals surface area contributed by atoms with Crippen molar-refractivity contribution in [2.45, 2.75) is 45.7 Å². The molecule has 0 aliphatic heterocycles. The quantitative estimate of drug-likeness (QED) is 0.755. The zero-order valence-corrected chi connectivity index (χ0v) is 12.1. The minimum atomic E-state index is 0.600. The zero-order valence-electron chi connectivity index (χ0n) is 11.3. The van der Waals surface area contributed by atoms with E-state index >= 15 is 0 Å². The fraction of sp³-hybridized carbons (Fsp3) is 0.600. The van der Waals surface area contributed by atoms with Crippen LogP contribution in [0, 0.1) is 0 Å². The van der Waals surface area contributed by atoms with Gasteiger partial charge in [-0.05, 0) is 38.0 Å². The lowest BCUT2D eigenvalue weighted by atomic mass is 10.1. The summed E-state index contributed by atoms with van der Waals surface area (Å²) in [7, 11) is 0. The highest BCUT2D eigenvalue weighted by Gasteiger charge is 2.07. The Morgan fingerprint density at radius 3 is 2.47 bits per heavy atom. The van der Waals surface area contributed by atoms with Crippen LogP contribution in [-0.4, -0.2) is 23.6 Å². The summed E-state index contributed by atoms with van der Waals surface area (Å²) in [5.74, 6) is 2.43. The van der Waals surface area contributed by atoms with Gasteiger partial charge in [0.05, 0.1) is 0 Å². The fourth-order valence-corrected chi connectivity index (χ4v) is 2.63. The fourth-order valence-electron chi connectivity index (χ4n) is 1.94. The van der Waals surface area contributed by atoms with E-state index in [0.717, 1.165) is 0 Å². The molecule has 0 aliphatic carbocycles. The van der Waals surface area contributed by atoms with Crippen molar-refractivity contribution in [3.8, 4) is 0 Å². The van der Waals surface area contributed by atoms with Gasteiger partial charge in [-0.1, -0.05) is 37.3 Å². The summed E-state index contributed by atoms with van der Waals surface area (Å²) in [5.41, 5.74) is 1.44. The van der Waals surface area contributed by atoms with E-state index in [2.05, 4.69) is 56.4 Å². The highest BCUT2D eigenvalue weighted by molar-refractivity contribution is 7.99. The Hall–Kier alpha value is -0.470. The molecule has 0 amide bonds. The number of aryl methyl sites for hydroxylation is 1. The first-order valence-electron chi connectivity index (χ1n) is 6.60. The van der Waals surface area contributed by atoms with Gasteiger partial charge in [0.2, 0.25) is 0 Å². The van der Waals surface area contributed by atoms with Crippen molar-refractivity contribution in [2.75, 3.05) is 11.5 Å². The van der Waals surface area contributed by atoms with Crippen LogP contribution < -0.4 is 5.32 Å². The topological polar surface area (TPSA) is 12.0 Å². The molecule has 1 aromatic carbocycles. The second kappa shape index (κ2) is 8.60. The molecule has 2 atom stereocenters. The molecule has 0 aromatic heterocycles. The normalized spacial score (nSPS) is 14.5. The summed E-state index contributed by atoms with van der Waals surface area (Å²) < 4.78 is 0. The average molecular weight is 251 g/mol. The number of hydrogen-bond acceptors (Lipinski definition) is 2. The second-order valence-electron chi connectivity index (χ2n) is 4.65. The van der Waals surface area contributed by atoms with Crippen molar-refractivity contribution in [3.63, 3.8) is 0 Å². The van der Waals surface area contributed by atoms with Gasteiger partial charge in [-0.15, -0.1) is 0 Å². The molecular weight excluding hydrogens is 226 g/mol. The largest absolute Gasteiger partial charge is 0.311 e. The summed E-state index contributed by atoms with van der Waals surface area (Å²) >= 11 is 2.01. The Morgan fingerprint density at radius 2 is 1.82 bits per heavy atom. The Morgan fingerprint density at radius 1 is 1.12 bits per heavy atom. The van der Waals surface area contributed by atoms with E-state index in [1.54, 1.807) is 0 Å². The van der Waals surface area contributed by atoms with E-state index in [0.29, 0.717) is 12.1 Å². The van der Waals surface area contributed by atoms with Crippen LogP contribution in [0.4, 0.5) is 0 Å². The predicted octanol–water partition coefficient (Wildman–Crippen LogP) is 3.74. The van der Waals surface area contributed by atoms with E-state index in [1.807, 2.05) is 11.8 Å².